The minimum absolute atomic E-state index is 0.0792. The molecule has 42 heavy (non-hydrogen) atoms. The van der Waals surface area contributed by atoms with Crippen molar-refractivity contribution in [1.29, 1.82) is 0 Å². The molecule has 230 valence electrons. The molecule has 1 spiro atoms. The topological polar surface area (TPSA) is 90.4 Å². The summed E-state index contributed by atoms with van der Waals surface area (Å²) < 4.78 is 4.32. The summed E-state index contributed by atoms with van der Waals surface area (Å²) in [6, 6.07) is 5.97. The van der Waals surface area contributed by atoms with E-state index in [-0.39, 0.29) is 42.8 Å². The molecule has 3 saturated heterocycles. The Morgan fingerprint density at radius 1 is 1.12 bits per heavy atom. The third kappa shape index (κ3) is 5.17. The number of rotatable bonds is 13. The molecule has 2 bridgehead atoms. The van der Waals surface area contributed by atoms with Crippen molar-refractivity contribution < 1.29 is 24.2 Å². The third-order valence-electron chi connectivity index (χ3n) is 9.30. The molecule has 0 aliphatic carbocycles. The van der Waals surface area contributed by atoms with Gasteiger partial charge in [0.2, 0.25) is 17.7 Å². The van der Waals surface area contributed by atoms with Crippen molar-refractivity contribution in [3.63, 3.8) is 0 Å². The van der Waals surface area contributed by atoms with Gasteiger partial charge < -0.3 is 24.5 Å². The number of aliphatic hydroxyl groups is 1. The Morgan fingerprint density at radius 3 is 2.29 bits per heavy atom. The molecule has 1 aromatic rings. The molecule has 0 radical (unpaired) electrons. The monoisotopic (exact) mass is 597 g/mol. The summed E-state index contributed by atoms with van der Waals surface area (Å²) in [6.45, 7) is 20.5. The van der Waals surface area contributed by atoms with Crippen molar-refractivity contribution in [2.45, 2.75) is 82.0 Å². The Labute approximate surface area is 255 Å². The number of thioether (sulfide) groups is 1. The molecule has 2 unspecified atom stereocenters. The molecule has 3 aliphatic heterocycles. The maximum absolute atomic E-state index is 14.6. The summed E-state index contributed by atoms with van der Waals surface area (Å²) in [4.78, 5) is 48.9. The fourth-order valence-corrected chi connectivity index (χ4v) is 9.69. The van der Waals surface area contributed by atoms with Gasteiger partial charge in [0.1, 0.15) is 11.8 Å². The Hall–Kier alpha value is -2.78. The number of carbonyl (C=O) groups is 3. The second kappa shape index (κ2) is 12.4. The zero-order valence-corrected chi connectivity index (χ0v) is 26.7. The van der Waals surface area contributed by atoms with Gasteiger partial charge in [-0.25, -0.2) is 0 Å². The van der Waals surface area contributed by atoms with Crippen LogP contribution in [0.3, 0.4) is 0 Å². The van der Waals surface area contributed by atoms with Crippen LogP contribution in [0.5, 0.6) is 5.75 Å². The van der Waals surface area contributed by atoms with E-state index in [4.69, 9.17) is 4.74 Å². The van der Waals surface area contributed by atoms with E-state index in [0.717, 1.165) is 12.2 Å². The molecule has 3 amide bonds. The minimum atomic E-state index is -0.778. The zero-order chi connectivity index (χ0) is 31.0. The molecule has 3 fully saturated rings. The van der Waals surface area contributed by atoms with Gasteiger partial charge in [0, 0.05) is 29.6 Å². The second-order valence-electron chi connectivity index (χ2n) is 12.5. The van der Waals surface area contributed by atoms with Crippen LogP contribution < -0.4 is 9.64 Å². The van der Waals surface area contributed by atoms with E-state index in [1.54, 1.807) is 38.6 Å². The highest BCUT2D eigenvalue weighted by molar-refractivity contribution is 8.02. The van der Waals surface area contributed by atoms with Gasteiger partial charge in [-0.05, 0) is 70.7 Å². The van der Waals surface area contributed by atoms with Crippen LogP contribution in [0.4, 0.5) is 5.69 Å². The highest BCUT2D eigenvalue weighted by Gasteiger charge is 2.78. The number of amides is 3. The summed E-state index contributed by atoms with van der Waals surface area (Å²) >= 11 is 1.65. The van der Waals surface area contributed by atoms with Gasteiger partial charge in [0.15, 0.2) is 0 Å². The predicted molar refractivity (Wildman–Crippen MR) is 168 cm³/mol. The summed E-state index contributed by atoms with van der Waals surface area (Å²) in [7, 11) is 0. The molecule has 0 saturated carbocycles. The number of benzene rings is 1. The van der Waals surface area contributed by atoms with E-state index in [1.165, 1.54) is 0 Å². The lowest BCUT2D eigenvalue weighted by atomic mass is 9.66. The van der Waals surface area contributed by atoms with Crippen LogP contribution in [0.15, 0.2) is 49.6 Å². The second-order valence-corrected chi connectivity index (χ2v) is 14.4. The van der Waals surface area contributed by atoms with E-state index in [0.29, 0.717) is 25.3 Å². The molecule has 6 atom stereocenters. The van der Waals surface area contributed by atoms with Crippen LogP contribution in [0.2, 0.25) is 0 Å². The smallest absolute Gasteiger partial charge is 0.247 e. The number of ether oxygens (including phenoxy) is 1. The van der Waals surface area contributed by atoms with E-state index in [1.807, 2.05) is 58.9 Å². The van der Waals surface area contributed by atoms with Gasteiger partial charge in [-0.3, -0.25) is 14.4 Å². The SMILES string of the molecule is C=CCN(C(=O)[C@H]1[C@H]2C(=O)N([C@@H](CO)C(C)C)C(C(=O)N(CC=C)C(C)C)C23CC[C@]1(C)S3)c1ccc(OCC)cc1. The average Bonchev–Trinajstić information content (AvgIpc) is 3.51. The highest BCUT2D eigenvalue weighted by Crippen LogP contribution is 2.72. The van der Waals surface area contributed by atoms with Crippen LogP contribution in [0, 0.1) is 17.8 Å². The summed E-state index contributed by atoms with van der Waals surface area (Å²) in [5.74, 6) is -1.16. The van der Waals surface area contributed by atoms with E-state index in [9.17, 15) is 19.5 Å². The third-order valence-corrected chi connectivity index (χ3v) is 11.3. The molecule has 9 heteroatoms. The number of aliphatic hydroxyl groups excluding tert-OH is 1. The molecule has 8 nitrogen and oxygen atoms in total. The first-order valence-corrected chi connectivity index (χ1v) is 15.9. The first-order valence-electron chi connectivity index (χ1n) is 15.1. The lowest BCUT2D eigenvalue weighted by Crippen LogP contribution is -2.59. The number of carbonyl (C=O) groups excluding carboxylic acids is 3. The van der Waals surface area contributed by atoms with E-state index in [2.05, 4.69) is 20.1 Å². The highest BCUT2D eigenvalue weighted by atomic mass is 32.2. The number of hydrogen-bond acceptors (Lipinski definition) is 6. The Balaban J connectivity index is 1.82. The number of anilines is 1. The fraction of sp³-hybridized carbons (Fsp3) is 0.606. The van der Waals surface area contributed by atoms with Crippen molar-refractivity contribution in [2.75, 3.05) is 31.2 Å². The maximum atomic E-state index is 14.6. The van der Waals surface area contributed by atoms with Crippen molar-refractivity contribution in [3.8, 4) is 5.75 Å². The summed E-state index contributed by atoms with van der Waals surface area (Å²) in [5.41, 5.74) is 0.705. The zero-order valence-electron chi connectivity index (χ0n) is 25.9. The maximum Gasteiger partial charge on any atom is 0.247 e. The molecule has 1 aromatic carbocycles. The van der Waals surface area contributed by atoms with Crippen LogP contribution in [-0.2, 0) is 14.4 Å². The quantitative estimate of drug-likeness (QED) is 0.336. The van der Waals surface area contributed by atoms with Crippen LogP contribution in [-0.4, -0.2) is 86.6 Å². The fourth-order valence-electron chi connectivity index (χ4n) is 7.36. The average molecular weight is 598 g/mol. The van der Waals surface area contributed by atoms with E-state index < -0.39 is 33.4 Å². The molecule has 1 N–H and O–H groups in total. The van der Waals surface area contributed by atoms with Gasteiger partial charge in [0.25, 0.3) is 0 Å². The largest absolute Gasteiger partial charge is 0.494 e. The van der Waals surface area contributed by atoms with Crippen molar-refractivity contribution in [2.24, 2.45) is 17.8 Å². The van der Waals surface area contributed by atoms with Gasteiger partial charge in [-0.1, -0.05) is 26.0 Å². The summed E-state index contributed by atoms with van der Waals surface area (Å²) in [5, 5.41) is 10.5. The number of nitrogens with zero attached hydrogens (tertiary/aromatic N) is 3. The molecule has 3 aliphatic rings. The Kier molecular flexibility index (Phi) is 9.53. The minimum Gasteiger partial charge on any atom is -0.494 e. The predicted octanol–water partition coefficient (Wildman–Crippen LogP) is 4.53. The van der Waals surface area contributed by atoms with Crippen molar-refractivity contribution in [1.82, 2.24) is 9.80 Å². The van der Waals surface area contributed by atoms with Crippen molar-refractivity contribution in [3.05, 3.63) is 49.6 Å². The van der Waals surface area contributed by atoms with Crippen LogP contribution >= 0.6 is 11.8 Å². The molecule has 3 heterocycles. The lowest BCUT2D eigenvalue weighted by molar-refractivity contribution is -0.147. The Morgan fingerprint density at radius 2 is 1.76 bits per heavy atom. The summed E-state index contributed by atoms with van der Waals surface area (Å²) in [6.07, 6.45) is 4.77. The molecule has 0 aromatic heterocycles. The van der Waals surface area contributed by atoms with Crippen LogP contribution in [0.1, 0.15) is 54.4 Å². The number of fused-ring (bicyclic) bond motifs is 1. The molecular weight excluding hydrogens is 550 g/mol. The standard InChI is InChI=1S/C33H47N3O5S/c1-9-18-34(22(6)7)31(40)28-33-17-16-32(8,42-33)26(27(33)30(39)36(28)25(20-37)21(4)5)29(38)35(19-10-2)23-12-14-24(15-13-23)41-11-3/h9-10,12-15,21-22,25-28,37H,1-2,11,16-20H2,3-8H3/t25-,26+,27-,28?,32-,33?/m0/s1. The first kappa shape index (κ1) is 32.1. The Bertz CT molecular complexity index is 1200. The molecule has 4 rings (SSSR count). The van der Waals surface area contributed by atoms with Gasteiger partial charge in [0.05, 0.1) is 35.8 Å². The van der Waals surface area contributed by atoms with Gasteiger partial charge in [-0.15, -0.1) is 24.9 Å². The first-order chi connectivity index (χ1) is 19.9. The normalized spacial score (nSPS) is 28.6. The van der Waals surface area contributed by atoms with Crippen LogP contribution in [0.25, 0.3) is 0 Å². The lowest BCUT2D eigenvalue weighted by Gasteiger charge is -2.41. The molecular formula is C33H47N3O5S. The van der Waals surface area contributed by atoms with E-state index >= 15 is 0 Å². The number of likely N-dealkylation sites (tertiary alicyclic amines) is 1. The van der Waals surface area contributed by atoms with Gasteiger partial charge in [-0.2, -0.15) is 0 Å². The van der Waals surface area contributed by atoms with Crippen molar-refractivity contribution >= 4 is 35.2 Å². The van der Waals surface area contributed by atoms with Gasteiger partial charge >= 0.3 is 0 Å². The number of hydrogen-bond donors (Lipinski definition) is 1.